The first-order valence-corrected chi connectivity index (χ1v) is 0. The fourth-order valence-electron chi connectivity index (χ4n) is 0. The molecule has 0 amide bonds. The van der Waals surface area contributed by atoms with Gasteiger partial charge in [0, 0.05) is 0 Å². The van der Waals surface area contributed by atoms with E-state index in [1.54, 1.807) is 0 Å². The molecule has 0 aliphatic heterocycles. The van der Waals surface area contributed by atoms with Crippen molar-refractivity contribution in [3.63, 3.8) is 0 Å². The van der Waals surface area contributed by atoms with Gasteiger partial charge >= 0.3 is 29.6 Å². The van der Waals surface area contributed by atoms with Crippen molar-refractivity contribution in [1.82, 2.24) is 0 Å². The summed E-state index contributed by atoms with van der Waals surface area (Å²) in [6.45, 7) is 0. The molecular weight excluding hydrogens is 686 g/mol. The Morgan fingerprint density at radius 3 is 0.571 bits per heavy atom. The number of hydrogen-bond donors (Lipinski definition) is 0. The van der Waals surface area contributed by atoms with Gasteiger partial charge in [-0.2, -0.15) is 0 Å². The molecule has 0 radical (unpaired) electrons. The van der Waals surface area contributed by atoms with Crippen LogP contribution in [0.3, 0.4) is 0 Å². The Balaban J connectivity index is 0. The molecule has 0 saturated carbocycles. The van der Waals surface area contributed by atoms with Gasteiger partial charge in [0.15, 0.2) is 0 Å². The number of rotatable bonds is 0. The van der Waals surface area contributed by atoms with Crippen LogP contribution in [0, 0.1) is 0 Å². The minimum absolute atomic E-state index is 0. The second kappa shape index (κ2) is 44.7. The number of halogens is 5. The molecule has 0 aliphatic rings. The minimum atomic E-state index is 0. The zero-order valence-electron chi connectivity index (χ0n) is 3.01. The second-order valence-corrected chi connectivity index (χ2v) is 0. The van der Waals surface area contributed by atoms with E-state index in [1.165, 1.54) is 0 Å². The van der Waals surface area contributed by atoms with E-state index in [2.05, 4.69) is 0 Å². The van der Waals surface area contributed by atoms with Crippen molar-refractivity contribution in [2.24, 2.45) is 0 Å². The Labute approximate surface area is 156 Å². The predicted octanol–water partition coefficient (Wildman–Crippen LogP) is -4.97. The van der Waals surface area contributed by atoms with Crippen LogP contribution in [0.5, 0.6) is 0 Å². The van der Waals surface area contributed by atoms with Gasteiger partial charge in [-0.05, 0) is 11.0 Å². The van der Waals surface area contributed by atoms with Crippen LogP contribution in [0.2, 0.25) is 0 Å². The quantitative estimate of drug-likeness (QED) is 0.177. The largest absolute Gasteiger partial charge is 1.00 e. The van der Waals surface area contributed by atoms with E-state index in [1.807, 2.05) is 0 Å². The molecule has 0 heterocycles. The van der Waals surface area contributed by atoms with Crippen LogP contribution >= 0.6 is 95.9 Å². The summed E-state index contributed by atoms with van der Waals surface area (Å²) < 4.78 is 0. The minimum Gasteiger partial charge on any atom is -1.00 e. The average molecular weight is 694 g/mol. The first-order chi connectivity index (χ1) is 0. The molecule has 7 heavy (non-hydrogen) atoms. The van der Waals surface area contributed by atoms with Crippen LogP contribution in [0.4, 0.5) is 0 Å². The molecule has 0 spiro atoms. The van der Waals surface area contributed by atoms with Crippen LogP contribution in [0.1, 0.15) is 0 Å². The van der Waals surface area contributed by atoms with E-state index in [4.69, 9.17) is 0 Å². The molecule has 0 aromatic rings. The van der Waals surface area contributed by atoms with Gasteiger partial charge in [0.25, 0.3) is 0 Å². The Morgan fingerprint density at radius 2 is 0.571 bits per heavy atom. The van der Waals surface area contributed by atoms with E-state index in [-0.39, 0.29) is 160 Å². The molecule has 48 valence electrons. The third-order valence-corrected chi connectivity index (χ3v) is 0. The summed E-state index contributed by atoms with van der Waals surface area (Å²) in [7, 11) is 0. The summed E-state index contributed by atoms with van der Waals surface area (Å²) in [6, 6.07) is 0. The molecule has 0 unspecified atom stereocenters. The molecule has 0 aromatic heterocycles. The number of hydrogen-bond acceptors (Lipinski definition) is 0. The van der Waals surface area contributed by atoms with E-state index in [0.29, 0.717) is 0 Å². The van der Waals surface area contributed by atoms with Gasteiger partial charge in [0.05, 0.1) is 0 Å². The van der Waals surface area contributed by atoms with E-state index in [0.717, 1.165) is 0 Å². The third-order valence-electron chi connectivity index (χ3n) is 0. The van der Waals surface area contributed by atoms with Crippen LogP contribution < -0.4 is 53.5 Å². The maximum atomic E-state index is 0. The van der Waals surface area contributed by atoms with Gasteiger partial charge in [-0.15, -0.1) is 95.9 Å². The van der Waals surface area contributed by atoms with Crippen molar-refractivity contribution < 1.29 is 53.5 Å². The Kier molecular flexibility index (Phi) is 377. The summed E-state index contributed by atoms with van der Waals surface area (Å²) in [5, 5.41) is 0. The SMILES string of the molecule is I.I.I.I.[I-].[Na+].[SiH4]. The fourth-order valence-corrected chi connectivity index (χ4v) is 0. The normalized spacial score (nSPS) is 0. The summed E-state index contributed by atoms with van der Waals surface area (Å²) in [5.74, 6) is 0. The zero-order chi connectivity index (χ0) is 0. The molecule has 0 atom stereocenters. The fraction of sp³-hybridized carbons (Fsp3) is 0. The van der Waals surface area contributed by atoms with Crippen molar-refractivity contribution in [3.05, 3.63) is 0 Å². The van der Waals surface area contributed by atoms with Gasteiger partial charge < -0.3 is 24.0 Å². The van der Waals surface area contributed by atoms with Crippen LogP contribution in [0.25, 0.3) is 0 Å². The first-order valence-electron chi connectivity index (χ1n) is 0. The Bertz CT molecular complexity index is 8.04. The van der Waals surface area contributed by atoms with Crippen molar-refractivity contribution in [2.45, 2.75) is 0 Å². The molecular formula is H8I5NaSi. The topological polar surface area (TPSA) is 0 Å². The summed E-state index contributed by atoms with van der Waals surface area (Å²) in [6.07, 6.45) is 0. The van der Waals surface area contributed by atoms with Gasteiger partial charge in [0.1, 0.15) is 0 Å². The third kappa shape index (κ3) is 36.1. The maximum absolute atomic E-state index is 0. The molecule has 0 aromatic carbocycles. The molecule has 0 saturated heterocycles. The van der Waals surface area contributed by atoms with Crippen LogP contribution in [-0.4, -0.2) is 11.0 Å². The molecule has 0 rings (SSSR count). The average Bonchev–Trinajstić information content (AvgIpc) is 0. The Hall–Kier alpha value is 4.87. The van der Waals surface area contributed by atoms with Crippen molar-refractivity contribution in [2.75, 3.05) is 0 Å². The van der Waals surface area contributed by atoms with Gasteiger partial charge in [-0.3, -0.25) is 0 Å². The van der Waals surface area contributed by atoms with Crippen molar-refractivity contribution in [1.29, 1.82) is 0 Å². The first kappa shape index (κ1) is 59.2. The van der Waals surface area contributed by atoms with E-state index < -0.39 is 0 Å². The smallest absolute Gasteiger partial charge is 1.00 e. The molecule has 0 bridgehead atoms. The molecule has 0 N–H and O–H groups in total. The molecule has 7 heteroatoms. The molecule has 0 nitrogen and oxygen atoms in total. The van der Waals surface area contributed by atoms with Crippen molar-refractivity contribution >= 4 is 107 Å². The van der Waals surface area contributed by atoms with Gasteiger partial charge in [0.2, 0.25) is 0 Å². The molecule has 0 aliphatic carbocycles. The zero-order valence-corrected chi connectivity index (χ0v) is 16.5. The van der Waals surface area contributed by atoms with Gasteiger partial charge in [-0.25, -0.2) is 0 Å². The summed E-state index contributed by atoms with van der Waals surface area (Å²) in [5.41, 5.74) is 0. The monoisotopic (exact) mass is 694 g/mol. The second-order valence-electron chi connectivity index (χ2n) is 0. The van der Waals surface area contributed by atoms with E-state index in [9.17, 15) is 0 Å². The predicted molar refractivity (Wildman–Crippen MR) is 73.0 cm³/mol. The maximum Gasteiger partial charge on any atom is 1.00 e. The summed E-state index contributed by atoms with van der Waals surface area (Å²) >= 11 is 0. The summed E-state index contributed by atoms with van der Waals surface area (Å²) in [4.78, 5) is 0. The van der Waals surface area contributed by atoms with Crippen LogP contribution in [0.15, 0.2) is 0 Å². The van der Waals surface area contributed by atoms with Crippen LogP contribution in [-0.2, 0) is 0 Å². The Morgan fingerprint density at radius 1 is 0.571 bits per heavy atom. The van der Waals surface area contributed by atoms with Gasteiger partial charge in [-0.1, -0.05) is 0 Å². The molecule has 0 fully saturated rings. The standard InChI is InChI=1S/5HI.Na.H4Si/h5*1H;;1H4/q;;;;;+1;/p-1. The van der Waals surface area contributed by atoms with E-state index >= 15 is 0 Å². The van der Waals surface area contributed by atoms with Crippen molar-refractivity contribution in [3.8, 4) is 0 Å².